The Kier molecular flexibility index (Phi) is 5.04. The molecule has 0 bridgehead atoms. The van der Waals surface area contributed by atoms with E-state index in [9.17, 15) is 9.59 Å². The van der Waals surface area contributed by atoms with Crippen molar-refractivity contribution in [3.05, 3.63) is 47.4 Å². The van der Waals surface area contributed by atoms with Crippen molar-refractivity contribution in [2.75, 3.05) is 0 Å². The SMILES string of the molecule is C[C@@H]1CCc2c(sc3nc([C@@H](C)Sc4nc5sc6c(c5c(=O)[nH]4)CCCC6)[nH]c(=O)c23)C1. The van der Waals surface area contributed by atoms with Crippen LogP contribution < -0.4 is 11.1 Å². The van der Waals surface area contributed by atoms with Crippen LogP contribution in [0.1, 0.15) is 65.1 Å². The van der Waals surface area contributed by atoms with E-state index in [1.165, 1.54) is 39.1 Å². The summed E-state index contributed by atoms with van der Waals surface area (Å²) in [5, 5.41) is 1.99. The van der Waals surface area contributed by atoms with Crippen LogP contribution in [0.25, 0.3) is 20.4 Å². The average molecular weight is 485 g/mol. The molecule has 2 N–H and O–H groups in total. The summed E-state index contributed by atoms with van der Waals surface area (Å²) in [5.41, 5.74) is 2.29. The van der Waals surface area contributed by atoms with Gasteiger partial charge in [0, 0.05) is 9.75 Å². The molecule has 4 aromatic heterocycles. The Bertz CT molecular complexity index is 1480. The van der Waals surface area contributed by atoms with Gasteiger partial charge in [-0.2, -0.15) is 0 Å². The molecule has 32 heavy (non-hydrogen) atoms. The molecule has 0 saturated heterocycles. The van der Waals surface area contributed by atoms with Gasteiger partial charge in [0.2, 0.25) is 0 Å². The van der Waals surface area contributed by atoms with Crippen molar-refractivity contribution in [2.45, 2.75) is 69.2 Å². The molecule has 6 nitrogen and oxygen atoms in total. The lowest BCUT2D eigenvalue weighted by atomic mass is 9.89. The van der Waals surface area contributed by atoms with Gasteiger partial charge in [-0.15, -0.1) is 22.7 Å². The third-order valence-electron chi connectivity index (χ3n) is 6.66. The van der Waals surface area contributed by atoms with E-state index in [0.29, 0.717) is 16.9 Å². The summed E-state index contributed by atoms with van der Waals surface area (Å²) in [6.45, 7) is 4.26. The molecule has 0 spiro atoms. The fourth-order valence-electron chi connectivity index (χ4n) is 4.98. The van der Waals surface area contributed by atoms with Crippen LogP contribution in [-0.4, -0.2) is 19.9 Å². The molecule has 0 aliphatic heterocycles. The first kappa shape index (κ1) is 20.6. The van der Waals surface area contributed by atoms with Gasteiger partial charge >= 0.3 is 0 Å². The third kappa shape index (κ3) is 3.36. The van der Waals surface area contributed by atoms with Crippen molar-refractivity contribution in [3.63, 3.8) is 0 Å². The fourth-order valence-corrected chi connectivity index (χ4v) is 8.55. The molecule has 9 heteroatoms. The van der Waals surface area contributed by atoms with Crippen LogP contribution in [0.3, 0.4) is 0 Å². The molecule has 0 saturated carbocycles. The second kappa shape index (κ2) is 7.81. The topological polar surface area (TPSA) is 91.5 Å². The molecule has 0 aromatic carbocycles. The van der Waals surface area contributed by atoms with Gasteiger partial charge < -0.3 is 9.97 Å². The van der Waals surface area contributed by atoms with Crippen molar-refractivity contribution in [1.82, 2.24) is 19.9 Å². The minimum Gasteiger partial charge on any atom is -0.309 e. The molecule has 6 rings (SSSR count). The first-order chi connectivity index (χ1) is 15.5. The Balaban J connectivity index is 1.34. The lowest BCUT2D eigenvalue weighted by Gasteiger charge is -2.17. The highest BCUT2D eigenvalue weighted by molar-refractivity contribution is 7.99. The van der Waals surface area contributed by atoms with E-state index in [-0.39, 0.29) is 16.4 Å². The summed E-state index contributed by atoms with van der Waals surface area (Å²) in [5.74, 6) is 1.29. The minimum absolute atomic E-state index is 0.0488. The van der Waals surface area contributed by atoms with Crippen molar-refractivity contribution in [3.8, 4) is 0 Å². The molecule has 0 fully saturated rings. The Labute approximate surface area is 196 Å². The van der Waals surface area contributed by atoms with E-state index in [1.807, 2.05) is 6.92 Å². The summed E-state index contributed by atoms with van der Waals surface area (Å²) in [6, 6.07) is 0. The summed E-state index contributed by atoms with van der Waals surface area (Å²) in [7, 11) is 0. The molecule has 166 valence electrons. The normalized spacial score (nSPS) is 19.2. The van der Waals surface area contributed by atoms with Gasteiger partial charge in [0.25, 0.3) is 11.1 Å². The molecule has 0 unspecified atom stereocenters. The number of fused-ring (bicyclic) bond motifs is 6. The molecule has 0 amide bonds. The second-order valence-corrected chi connectivity index (χ2v) is 12.5. The van der Waals surface area contributed by atoms with E-state index >= 15 is 0 Å². The second-order valence-electron chi connectivity index (χ2n) is 9.01. The number of H-pyrrole nitrogens is 2. The van der Waals surface area contributed by atoms with Crippen LogP contribution in [-0.2, 0) is 25.7 Å². The predicted molar refractivity (Wildman–Crippen MR) is 133 cm³/mol. The number of aromatic nitrogens is 4. The average Bonchev–Trinajstić information content (AvgIpc) is 3.31. The quantitative estimate of drug-likeness (QED) is 0.310. The van der Waals surface area contributed by atoms with Crippen LogP contribution in [0.2, 0.25) is 0 Å². The first-order valence-corrected chi connectivity index (χ1v) is 13.7. The number of nitrogens with zero attached hydrogens (tertiary/aromatic N) is 2. The number of aromatic amines is 2. The summed E-state index contributed by atoms with van der Waals surface area (Å²) in [6.07, 6.45) is 7.45. The summed E-state index contributed by atoms with van der Waals surface area (Å²) >= 11 is 4.75. The van der Waals surface area contributed by atoms with E-state index in [1.54, 1.807) is 22.7 Å². The largest absolute Gasteiger partial charge is 0.309 e. The zero-order chi connectivity index (χ0) is 22.0. The number of hydrogen-bond donors (Lipinski definition) is 2. The maximum Gasteiger partial charge on any atom is 0.260 e. The standard InChI is InChI=1S/C23H24N4O2S3/c1-10-7-8-13-15(9-10)32-21-17(13)19(28)24-18(25-21)11(2)30-23-26-20(29)16-12-5-3-4-6-14(12)31-22(16)27-23/h10-11H,3-9H2,1-2H3,(H,24,25,28)(H,26,27,29)/t10-,11-/m1/s1. The highest BCUT2D eigenvalue weighted by Crippen LogP contribution is 2.38. The van der Waals surface area contributed by atoms with Crippen LogP contribution >= 0.6 is 34.4 Å². The van der Waals surface area contributed by atoms with Gasteiger partial charge in [0.05, 0.1) is 16.0 Å². The highest BCUT2D eigenvalue weighted by Gasteiger charge is 2.25. The van der Waals surface area contributed by atoms with E-state index < -0.39 is 0 Å². The van der Waals surface area contributed by atoms with Crippen LogP contribution in [0.5, 0.6) is 0 Å². The zero-order valence-corrected chi connectivity index (χ0v) is 20.5. The lowest BCUT2D eigenvalue weighted by Crippen LogP contribution is -2.15. The van der Waals surface area contributed by atoms with Crippen LogP contribution in [0.15, 0.2) is 14.7 Å². The van der Waals surface area contributed by atoms with Crippen LogP contribution in [0, 0.1) is 5.92 Å². The Morgan fingerprint density at radius 2 is 1.62 bits per heavy atom. The van der Waals surface area contributed by atoms with Crippen molar-refractivity contribution < 1.29 is 0 Å². The lowest BCUT2D eigenvalue weighted by molar-refractivity contribution is 0.509. The maximum atomic E-state index is 12.9. The minimum atomic E-state index is -0.139. The van der Waals surface area contributed by atoms with Crippen molar-refractivity contribution >= 4 is 54.9 Å². The molecule has 2 atom stereocenters. The molecule has 2 aliphatic rings. The molecule has 4 heterocycles. The van der Waals surface area contributed by atoms with Gasteiger partial charge in [-0.25, -0.2) is 9.97 Å². The number of rotatable bonds is 3. The third-order valence-corrected chi connectivity index (χ3v) is 9.99. The molecule has 2 aliphatic carbocycles. The smallest absolute Gasteiger partial charge is 0.260 e. The van der Waals surface area contributed by atoms with Gasteiger partial charge in [0.15, 0.2) is 5.16 Å². The zero-order valence-electron chi connectivity index (χ0n) is 18.0. The number of thioether (sulfide) groups is 1. The Morgan fingerprint density at radius 3 is 2.47 bits per heavy atom. The van der Waals surface area contributed by atoms with Crippen molar-refractivity contribution in [2.24, 2.45) is 5.92 Å². The fraction of sp³-hybridized carbons (Fsp3) is 0.478. The maximum absolute atomic E-state index is 12.9. The molecular formula is C23H24N4O2S3. The number of aryl methyl sites for hydroxylation is 3. The van der Waals surface area contributed by atoms with Gasteiger partial charge in [-0.1, -0.05) is 18.7 Å². The van der Waals surface area contributed by atoms with E-state index in [0.717, 1.165) is 59.0 Å². The molecule has 4 aromatic rings. The number of thiophene rings is 2. The molecular weight excluding hydrogens is 460 g/mol. The predicted octanol–water partition coefficient (Wildman–Crippen LogP) is 5.14. The molecule has 0 radical (unpaired) electrons. The van der Waals surface area contributed by atoms with Gasteiger partial charge in [0.1, 0.15) is 15.5 Å². The Morgan fingerprint density at radius 1 is 0.938 bits per heavy atom. The van der Waals surface area contributed by atoms with E-state index in [4.69, 9.17) is 9.97 Å². The highest BCUT2D eigenvalue weighted by atomic mass is 32.2. The monoisotopic (exact) mass is 484 g/mol. The first-order valence-electron chi connectivity index (χ1n) is 11.2. The number of hydrogen-bond acceptors (Lipinski definition) is 7. The summed E-state index contributed by atoms with van der Waals surface area (Å²) in [4.78, 5) is 45.6. The summed E-state index contributed by atoms with van der Waals surface area (Å²) < 4.78 is 0. The Hall–Kier alpha value is -1.97. The van der Waals surface area contributed by atoms with Gasteiger partial charge in [-0.05, 0) is 68.9 Å². The van der Waals surface area contributed by atoms with E-state index in [2.05, 4.69) is 16.9 Å². The number of nitrogens with one attached hydrogen (secondary N) is 2. The van der Waals surface area contributed by atoms with Crippen molar-refractivity contribution in [1.29, 1.82) is 0 Å². The van der Waals surface area contributed by atoms with Gasteiger partial charge in [-0.3, -0.25) is 9.59 Å². The van der Waals surface area contributed by atoms with Crippen LogP contribution in [0.4, 0.5) is 0 Å².